The Hall–Kier alpha value is -1.58. The normalized spacial score (nSPS) is 25.4. The molecule has 4 nitrogen and oxygen atoms in total. The molecular formula is C17H27N3O. The van der Waals surface area contributed by atoms with Crippen LogP contribution in [0.1, 0.15) is 56.8 Å². The first-order valence-corrected chi connectivity index (χ1v) is 8.09. The van der Waals surface area contributed by atoms with Gasteiger partial charge in [0.05, 0.1) is 0 Å². The summed E-state index contributed by atoms with van der Waals surface area (Å²) in [7, 11) is 0. The summed E-state index contributed by atoms with van der Waals surface area (Å²) in [6, 6.07) is 3.92. The van der Waals surface area contributed by atoms with Gasteiger partial charge < -0.3 is 10.6 Å². The Labute approximate surface area is 127 Å². The summed E-state index contributed by atoms with van der Waals surface area (Å²) in [5.41, 5.74) is 0.689. The molecule has 0 bridgehead atoms. The number of nitrogens with zero attached hydrogens (tertiary/aromatic N) is 1. The van der Waals surface area contributed by atoms with E-state index in [1.54, 1.807) is 12.3 Å². The summed E-state index contributed by atoms with van der Waals surface area (Å²) >= 11 is 0. The second kappa shape index (κ2) is 7.43. The van der Waals surface area contributed by atoms with Crippen LogP contribution in [0.15, 0.2) is 18.3 Å². The van der Waals surface area contributed by atoms with Gasteiger partial charge in [-0.1, -0.05) is 20.8 Å². The van der Waals surface area contributed by atoms with Crippen LogP contribution in [-0.4, -0.2) is 23.5 Å². The lowest BCUT2D eigenvalue weighted by molar-refractivity contribution is 0.0911. The molecule has 2 unspecified atom stereocenters. The number of nitrogens with one attached hydrogen (secondary N) is 2. The molecule has 2 atom stereocenters. The minimum atomic E-state index is 0.0169. The van der Waals surface area contributed by atoms with Gasteiger partial charge in [0.2, 0.25) is 0 Å². The van der Waals surface area contributed by atoms with Gasteiger partial charge in [-0.2, -0.15) is 0 Å². The summed E-state index contributed by atoms with van der Waals surface area (Å²) in [4.78, 5) is 16.6. The molecule has 21 heavy (non-hydrogen) atoms. The van der Waals surface area contributed by atoms with Crippen molar-refractivity contribution >= 4 is 11.7 Å². The molecule has 116 valence electrons. The van der Waals surface area contributed by atoms with Gasteiger partial charge in [-0.3, -0.25) is 4.79 Å². The monoisotopic (exact) mass is 289 g/mol. The zero-order chi connectivity index (χ0) is 15.2. The topological polar surface area (TPSA) is 54.0 Å². The van der Waals surface area contributed by atoms with E-state index in [-0.39, 0.29) is 5.91 Å². The van der Waals surface area contributed by atoms with Gasteiger partial charge in [-0.25, -0.2) is 4.98 Å². The SMILES string of the molecule is CCCNc1cc(C(=O)NC2CC(C)CC(C)C2)ccn1. The fourth-order valence-corrected chi connectivity index (χ4v) is 3.26. The Balaban J connectivity index is 1.96. The zero-order valence-corrected chi connectivity index (χ0v) is 13.4. The third-order valence-electron chi connectivity index (χ3n) is 4.09. The summed E-state index contributed by atoms with van der Waals surface area (Å²) < 4.78 is 0. The minimum absolute atomic E-state index is 0.0169. The van der Waals surface area contributed by atoms with Crippen LogP contribution in [-0.2, 0) is 0 Å². The Morgan fingerprint density at radius 1 is 1.29 bits per heavy atom. The summed E-state index contributed by atoms with van der Waals surface area (Å²) in [5, 5.41) is 6.40. The second-order valence-corrected chi connectivity index (χ2v) is 6.44. The average molecular weight is 289 g/mol. The van der Waals surface area contributed by atoms with Gasteiger partial charge in [0.1, 0.15) is 5.82 Å². The summed E-state index contributed by atoms with van der Waals surface area (Å²) in [6.45, 7) is 7.52. The van der Waals surface area contributed by atoms with E-state index >= 15 is 0 Å². The molecule has 1 aromatic rings. The number of hydrogen-bond donors (Lipinski definition) is 2. The number of amides is 1. The Bertz CT molecular complexity index is 465. The number of aromatic nitrogens is 1. The molecule has 1 saturated carbocycles. The molecule has 1 heterocycles. The molecule has 0 aromatic carbocycles. The maximum Gasteiger partial charge on any atom is 0.251 e. The smallest absolute Gasteiger partial charge is 0.251 e. The predicted molar refractivity (Wildman–Crippen MR) is 86.5 cm³/mol. The number of hydrogen-bond acceptors (Lipinski definition) is 3. The number of carbonyl (C=O) groups excluding carboxylic acids is 1. The molecular weight excluding hydrogens is 262 g/mol. The van der Waals surface area contributed by atoms with E-state index in [0.29, 0.717) is 23.4 Å². The van der Waals surface area contributed by atoms with Crippen molar-refractivity contribution in [1.29, 1.82) is 0 Å². The van der Waals surface area contributed by atoms with Crippen LogP contribution >= 0.6 is 0 Å². The van der Waals surface area contributed by atoms with Crippen molar-refractivity contribution in [3.63, 3.8) is 0 Å². The number of pyridine rings is 1. The Morgan fingerprint density at radius 2 is 2.00 bits per heavy atom. The van der Waals surface area contributed by atoms with Crippen LogP contribution in [0.25, 0.3) is 0 Å². The van der Waals surface area contributed by atoms with Crippen molar-refractivity contribution in [3.8, 4) is 0 Å². The molecule has 0 aliphatic heterocycles. The molecule has 4 heteroatoms. The van der Waals surface area contributed by atoms with Gasteiger partial charge in [-0.05, 0) is 49.7 Å². The molecule has 1 aliphatic rings. The predicted octanol–water partition coefficient (Wildman–Crippen LogP) is 3.46. The van der Waals surface area contributed by atoms with Crippen LogP contribution in [0, 0.1) is 11.8 Å². The molecule has 0 saturated heterocycles. The summed E-state index contributed by atoms with van der Waals surface area (Å²) in [6.07, 6.45) is 6.17. The third-order valence-corrected chi connectivity index (χ3v) is 4.09. The standard InChI is InChI=1S/C17H27N3O/c1-4-6-18-16-11-14(5-7-19-16)17(21)20-15-9-12(2)8-13(3)10-15/h5,7,11-13,15H,4,6,8-10H2,1-3H3,(H,18,19)(H,20,21). The van der Waals surface area contributed by atoms with Crippen LogP contribution in [0.4, 0.5) is 5.82 Å². The highest BCUT2D eigenvalue weighted by molar-refractivity contribution is 5.95. The van der Waals surface area contributed by atoms with E-state index in [4.69, 9.17) is 0 Å². The molecule has 1 fully saturated rings. The average Bonchev–Trinajstić information content (AvgIpc) is 2.44. The largest absolute Gasteiger partial charge is 0.370 e. The van der Waals surface area contributed by atoms with Gasteiger partial charge in [-0.15, -0.1) is 0 Å². The third kappa shape index (κ3) is 4.73. The van der Waals surface area contributed by atoms with Crippen molar-refractivity contribution in [2.75, 3.05) is 11.9 Å². The molecule has 0 radical (unpaired) electrons. The van der Waals surface area contributed by atoms with Gasteiger partial charge >= 0.3 is 0 Å². The molecule has 1 amide bonds. The van der Waals surface area contributed by atoms with Crippen LogP contribution in [0.3, 0.4) is 0 Å². The van der Waals surface area contributed by atoms with E-state index in [0.717, 1.165) is 31.6 Å². The Kier molecular flexibility index (Phi) is 5.59. The van der Waals surface area contributed by atoms with Crippen LogP contribution < -0.4 is 10.6 Å². The highest BCUT2D eigenvalue weighted by atomic mass is 16.1. The van der Waals surface area contributed by atoms with E-state index in [9.17, 15) is 4.79 Å². The second-order valence-electron chi connectivity index (χ2n) is 6.44. The van der Waals surface area contributed by atoms with Gasteiger partial charge in [0.15, 0.2) is 0 Å². The van der Waals surface area contributed by atoms with E-state index < -0.39 is 0 Å². The van der Waals surface area contributed by atoms with Crippen molar-refractivity contribution in [2.24, 2.45) is 11.8 Å². The minimum Gasteiger partial charge on any atom is -0.370 e. The maximum atomic E-state index is 12.4. The van der Waals surface area contributed by atoms with E-state index in [1.807, 2.05) is 6.07 Å². The quantitative estimate of drug-likeness (QED) is 0.873. The van der Waals surface area contributed by atoms with Crippen LogP contribution in [0.2, 0.25) is 0 Å². The van der Waals surface area contributed by atoms with E-state index in [1.165, 1.54) is 6.42 Å². The van der Waals surface area contributed by atoms with Crippen molar-refractivity contribution in [2.45, 2.75) is 52.5 Å². The lowest BCUT2D eigenvalue weighted by Gasteiger charge is -2.32. The fourth-order valence-electron chi connectivity index (χ4n) is 3.26. The molecule has 0 spiro atoms. The lowest BCUT2D eigenvalue weighted by Crippen LogP contribution is -2.40. The maximum absolute atomic E-state index is 12.4. The van der Waals surface area contributed by atoms with Crippen molar-refractivity contribution in [3.05, 3.63) is 23.9 Å². The van der Waals surface area contributed by atoms with Gasteiger partial charge in [0.25, 0.3) is 5.91 Å². The Morgan fingerprint density at radius 3 is 2.67 bits per heavy atom. The first-order valence-electron chi connectivity index (χ1n) is 8.09. The summed E-state index contributed by atoms with van der Waals surface area (Å²) in [5.74, 6) is 2.18. The molecule has 2 rings (SSSR count). The van der Waals surface area contributed by atoms with Gasteiger partial charge in [0, 0.05) is 24.3 Å². The first-order chi connectivity index (χ1) is 10.1. The first kappa shape index (κ1) is 15.8. The highest BCUT2D eigenvalue weighted by Gasteiger charge is 2.25. The highest BCUT2D eigenvalue weighted by Crippen LogP contribution is 2.28. The number of rotatable bonds is 5. The number of carbonyl (C=O) groups is 1. The molecule has 1 aromatic heterocycles. The molecule has 2 N–H and O–H groups in total. The zero-order valence-electron chi connectivity index (χ0n) is 13.4. The van der Waals surface area contributed by atoms with E-state index in [2.05, 4.69) is 36.4 Å². The van der Waals surface area contributed by atoms with Crippen molar-refractivity contribution < 1.29 is 4.79 Å². The van der Waals surface area contributed by atoms with Crippen LogP contribution in [0.5, 0.6) is 0 Å². The lowest BCUT2D eigenvalue weighted by atomic mass is 9.80. The fraction of sp³-hybridized carbons (Fsp3) is 0.647. The molecule has 1 aliphatic carbocycles. The van der Waals surface area contributed by atoms with Crippen molar-refractivity contribution in [1.82, 2.24) is 10.3 Å². The number of anilines is 1.